The molecular weight excluding hydrogens is 408 g/mol. The van der Waals surface area contributed by atoms with Crippen LogP contribution in [0.4, 0.5) is 0 Å². The molecule has 2 aliphatic heterocycles. The van der Waals surface area contributed by atoms with Gasteiger partial charge in [0.1, 0.15) is 5.75 Å². The number of methoxy groups -OCH3 is 2. The number of para-hydroxylation sites is 1. The number of fused-ring (bicyclic) bond motifs is 3. The zero-order valence-corrected chi connectivity index (χ0v) is 18.1. The van der Waals surface area contributed by atoms with Crippen LogP contribution >= 0.6 is 0 Å². The third kappa shape index (κ3) is 3.17. The maximum atomic E-state index is 10.5. The predicted octanol–water partition coefficient (Wildman–Crippen LogP) is 4.67. The van der Waals surface area contributed by atoms with E-state index >= 15 is 0 Å². The molecule has 0 aromatic heterocycles. The minimum absolute atomic E-state index is 0.0238. The smallest absolute Gasteiger partial charge is 0.214 e. The van der Waals surface area contributed by atoms with E-state index in [0.29, 0.717) is 29.2 Å². The van der Waals surface area contributed by atoms with Crippen LogP contribution < -0.4 is 14.2 Å². The zero-order chi connectivity index (χ0) is 22.4. The molecule has 0 unspecified atom stereocenters. The van der Waals surface area contributed by atoms with Gasteiger partial charge in [0, 0.05) is 23.1 Å². The van der Waals surface area contributed by atoms with Crippen LogP contribution in [0.1, 0.15) is 40.9 Å². The van der Waals surface area contributed by atoms with Gasteiger partial charge in [-0.05, 0) is 43.3 Å². The number of phenolic OH excluding ortho intramolecular Hbond substituents is 2. The van der Waals surface area contributed by atoms with E-state index in [4.69, 9.17) is 19.3 Å². The Hall–Kier alpha value is -3.87. The number of benzene rings is 3. The summed E-state index contributed by atoms with van der Waals surface area (Å²) in [6.45, 7) is 1.98. The van der Waals surface area contributed by atoms with Crippen molar-refractivity contribution in [1.82, 2.24) is 5.01 Å². The summed E-state index contributed by atoms with van der Waals surface area (Å²) in [4.78, 5) is 0. The fourth-order valence-corrected chi connectivity index (χ4v) is 4.37. The van der Waals surface area contributed by atoms with E-state index in [9.17, 15) is 10.2 Å². The van der Waals surface area contributed by atoms with E-state index in [1.54, 1.807) is 25.3 Å². The topological polar surface area (TPSA) is 83.8 Å². The van der Waals surface area contributed by atoms with E-state index < -0.39 is 6.23 Å². The highest BCUT2D eigenvalue weighted by Gasteiger charge is 2.42. The van der Waals surface area contributed by atoms with Gasteiger partial charge in [0.25, 0.3) is 0 Å². The molecule has 3 aromatic rings. The van der Waals surface area contributed by atoms with Crippen molar-refractivity contribution < 1.29 is 24.4 Å². The minimum Gasteiger partial charge on any atom is -0.507 e. The Morgan fingerprint density at radius 3 is 2.53 bits per heavy atom. The molecule has 7 heteroatoms. The molecule has 0 bridgehead atoms. The van der Waals surface area contributed by atoms with E-state index in [-0.39, 0.29) is 17.5 Å². The second kappa shape index (κ2) is 7.67. The number of hydrogen-bond acceptors (Lipinski definition) is 7. The van der Waals surface area contributed by atoms with Gasteiger partial charge in [-0.25, -0.2) is 5.01 Å². The Balaban J connectivity index is 1.64. The molecule has 0 radical (unpaired) electrons. The summed E-state index contributed by atoms with van der Waals surface area (Å²) in [5.41, 5.74) is 4.21. The van der Waals surface area contributed by atoms with Crippen LogP contribution in [0.25, 0.3) is 0 Å². The maximum absolute atomic E-state index is 10.5. The SMILES string of the molecule is COc1ccc([C@@H]2Oc3c(OC)cccc3[C@H]3CC(c4cc(C)ccc4O)=NN32)cc1O. The van der Waals surface area contributed by atoms with E-state index in [1.807, 2.05) is 48.3 Å². The molecule has 3 aromatic carbocycles. The van der Waals surface area contributed by atoms with Crippen LogP contribution in [0.5, 0.6) is 28.7 Å². The summed E-state index contributed by atoms with van der Waals surface area (Å²) in [5.74, 6) is 1.89. The number of nitrogens with zero attached hydrogens (tertiary/aromatic N) is 2. The maximum Gasteiger partial charge on any atom is 0.214 e. The first-order valence-electron chi connectivity index (χ1n) is 10.4. The predicted molar refractivity (Wildman–Crippen MR) is 120 cm³/mol. The molecule has 7 nitrogen and oxygen atoms in total. The molecule has 2 heterocycles. The van der Waals surface area contributed by atoms with Gasteiger partial charge in [-0.3, -0.25) is 0 Å². The van der Waals surface area contributed by atoms with E-state index in [0.717, 1.165) is 22.4 Å². The zero-order valence-electron chi connectivity index (χ0n) is 18.1. The highest BCUT2D eigenvalue weighted by atomic mass is 16.5. The molecule has 0 fully saturated rings. The van der Waals surface area contributed by atoms with Crippen LogP contribution in [-0.2, 0) is 0 Å². The second-order valence-electron chi connectivity index (χ2n) is 7.95. The molecule has 32 heavy (non-hydrogen) atoms. The van der Waals surface area contributed by atoms with E-state index in [2.05, 4.69) is 0 Å². The normalized spacial score (nSPS) is 19.0. The Morgan fingerprint density at radius 2 is 1.78 bits per heavy atom. The van der Waals surface area contributed by atoms with Gasteiger partial charge in [0.05, 0.1) is 26.0 Å². The van der Waals surface area contributed by atoms with Crippen molar-refractivity contribution in [2.24, 2.45) is 5.10 Å². The lowest BCUT2D eigenvalue weighted by atomic mass is 9.94. The molecule has 0 saturated carbocycles. The van der Waals surface area contributed by atoms with Crippen molar-refractivity contribution in [2.75, 3.05) is 14.2 Å². The first-order valence-corrected chi connectivity index (χ1v) is 10.4. The highest BCUT2D eigenvalue weighted by Crippen LogP contribution is 2.51. The number of aryl methyl sites for hydroxylation is 1. The monoisotopic (exact) mass is 432 g/mol. The van der Waals surface area contributed by atoms with Gasteiger partial charge in [-0.15, -0.1) is 0 Å². The summed E-state index contributed by atoms with van der Waals surface area (Å²) in [6.07, 6.45) is 0.00387. The molecule has 2 aliphatic rings. The summed E-state index contributed by atoms with van der Waals surface area (Å²) in [7, 11) is 3.12. The number of ether oxygens (including phenoxy) is 3. The van der Waals surface area contributed by atoms with Gasteiger partial charge >= 0.3 is 0 Å². The summed E-state index contributed by atoms with van der Waals surface area (Å²) < 4.78 is 17.1. The lowest BCUT2D eigenvalue weighted by molar-refractivity contribution is -0.0210. The Morgan fingerprint density at radius 1 is 0.969 bits per heavy atom. The first kappa shape index (κ1) is 20.1. The van der Waals surface area contributed by atoms with Crippen molar-refractivity contribution in [3.8, 4) is 28.7 Å². The highest BCUT2D eigenvalue weighted by molar-refractivity contribution is 6.04. The average Bonchev–Trinajstić information content (AvgIpc) is 3.25. The van der Waals surface area contributed by atoms with Gasteiger partial charge in [-0.2, -0.15) is 5.10 Å². The molecule has 0 aliphatic carbocycles. The third-order valence-electron chi connectivity index (χ3n) is 5.95. The summed E-state index contributed by atoms with van der Waals surface area (Å²) >= 11 is 0. The molecule has 2 atom stereocenters. The number of phenols is 2. The van der Waals surface area contributed by atoms with Crippen LogP contribution in [0.15, 0.2) is 59.7 Å². The van der Waals surface area contributed by atoms with Crippen molar-refractivity contribution in [1.29, 1.82) is 0 Å². The van der Waals surface area contributed by atoms with Crippen LogP contribution in [0, 0.1) is 6.92 Å². The summed E-state index contributed by atoms with van der Waals surface area (Å²) in [5, 5.41) is 27.6. The number of hydrogen-bond donors (Lipinski definition) is 2. The van der Waals surface area contributed by atoms with Gasteiger partial charge in [-0.1, -0.05) is 23.8 Å². The lowest BCUT2D eigenvalue weighted by Crippen LogP contribution is -2.33. The Bertz CT molecular complexity index is 1220. The minimum atomic E-state index is -0.593. The van der Waals surface area contributed by atoms with Crippen molar-refractivity contribution in [3.05, 3.63) is 76.9 Å². The standard InChI is InChI=1S/C25H24N2O5/c1-14-7-9-20(28)17(11-14)18-13-19-16-5-4-6-23(31-3)24(16)32-25(27(19)26-18)15-8-10-22(30-2)21(29)12-15/h4-12,19,25,28-29H,13H2,1-3H3/t19-,25+/m1/s1. The summed E-state index contributed by atoms with van der Waals surface area (Å²) in [6, 6.07) is 16.4. The molecule has 0 saturated heterocycles. The molecule has 2 N–H and O–H groups in total. The molecule has 164 valence electrons. The van der Waals surface area contributed by atoms with E-state index in [1.165, 1.54) is 7.11 Å². The lowest BCUT2D eigenvalue weighted by Gasteiger charge is -2.38. The van der Waals surface area contributed by atoms with Gasteiger partial charge in [0.15, 0.2) is 23.0 Å². The van der Waals surface area contributed by atoms with Crippen LogP contribution in [-0.4, -0.2) is 35.2 Å². The Kier molecular flexibility index (Phi) is 4.81. The molecule has 0 amide bonds. The van der Waals surface area contributed by atoms with Crippen molar-refractivity contribution >= 4 is 5.71 Å². The largest absolute Gasteiger partial charge is 0.507 e. The fraction of sp³-hybridized carbons (Fsp3) is 0.240. The quantitative estimate of drug-likeness (QED) is 0.624. The van der Waals surface area contributed by atoms with Crippen LogP contribution in [0.3, 0.4) is 0 Å². The van der Waals surface area contributed by atoms with Gasteiger partial charge in [0.2, 0.25) is 6.23 Å². The molecule has 5 rings (SSSR count). The number of aromatic hydroxyl groups is 2. The number of hydrazone groups is 1. The fourth-order valence-electron chi connectivity index (χ4n) is 4.37. The number of rotatable bonds is 4. The average molecular weight is 432 g/mol. The third-order valence-corrected chi connectivity index (χ3v) is 5.95. The molecular formula is C25H24N2O5. The van der Waals surface area contributed by atoms with Gasteiger partial charge < -0.3 is 24.4 Å². The molecule has 0 spiro atoms. The van der Waals surface area contributed by atoms with Crippen LogP contribution in [0.2, 0.25) is 0 Å². The van der Waals surface area contributed by atoms with Crippen molar-refractivity contribution in [3.63, 3.8) is 0 Å². The second-order valence-corrected chi connectivity index (χ2v) is 7.95. The first-order chi connectivity index (χ1) is 15.5. The Labute approximate surface area is 186 Å². The van der Waals surface area contributed by atoms with Crippen molar-refractivity contribution in [2.45, 2.75) is 25.6 Å².